The fourth-order valence-electron chi connectivity index (χ4n) is 2.29. The van der Waals surface area contributed by atoms with Gasteiger partial charge in [-0.25, -0.2) is 0 Å². The van der Waals surface area contributed by atoms with E-state index >= 15 is 0 Å². The molecule has 0 unspecified atom stereocenters. The number of hydrogen-bond acceptors (Lipinski definition) is 3. The zero-order valence-corrected chi connectivity index (χ0v) is 8.57. The summed E-state index contributed by atoms with van der Waals surface area (Å²) < 4.78 is 0. The molecule has 0 aromatic heterocycles. The van der Waals surface area contributed by atoms with Crippen LogP contribution in [0.3, 0.4) is 0 Å². The molecule has 1 aliphatic carbocycles. The van der Waals surface area contributed by atoms with Crippen LogP contribution in [-0.4, -0.2) is 17.9 Å². The molecule has 0 saturated heterocycles. The van der Waals surface area contributed by atoms with E-state index in [1.54, 1.807) is 12.1 Å². The number of rotatable bonds is 3. The molecule has 15 heavy (non-hydrogen) atoms. The Hall–Kier alpha value is -1.35. The Morgan fingerprint density at radius 1 is 1.47 bits per heavy atom. The molecule has 2 rings (SSSR count). The van der Waals surface area contributed by atoms with Crippen molar-refractivity contribution in [3.05, 3.63) is 29.3 Å². The average molecular weight is 205 g/mol. The smallest absolute Gasteiger partial charge is 0.150 e. The number of benzene rings is 1. The van der Waals surface area contributed by atoms with Crippen molar-refractivity contribution in [2.75, 3.05) is 6.54 Å². The van der Waals surface area contributed by atoms with Crippen LogP contribution in [0, 0.1) is 0 Å². The summed E-state index contributed by atoms with van der Waals surface area (Å²) >= 11 is 0. The summed E-state index contributed by atoms with van der Waals surface area (Å²) in [5.74, 6) is 0.204. The first-order valence-electron chi connectivity index (χ1n) is 5.20. The Bertz CT molecular complexity index is 378. The number of carbonyl (C=O) groups excluding carboxylic acids is 1. The van der Waals surface area contributed by atoms with Crippen LogP contribution < -0.4 is 5.73 Å². The van der Waals surface area contributed by atoms with Crippen molar-refractivity contribution in [2.45, 2.75) is 24.7 Å². The molecule has 0 spiro atoms. The molecule has 0 bridgehead atoms. The minimum Gasteiger partial charge on any atom is -0.508 e. The molecule has 0 amide bonds. The molecule has 1 aliphatic rings. The van der Waals surface area contributed by atoms with Crippen molar-refractivity contribution in [3.63, 3.8) is 0 Å². The van der Waals surface area contributed by atoms with Gasteiger partial charge in [-0.05, 0) is 36.6 Å². The van der Waals surface area contributed by atoms with Crippen LogP contribution in [-0.2, 0) is 5.41 Å². The lowest BCUT2D eigenvalue weighted by molar-refractivity contribution is 0.111. The molecule has 80 valence electrons. The molecular weight excluding hydrogens is 190 g/mol. The van der Waals surface area contributed by atoms with Gasteiger partial charge >= 0.3 is 0 Å². The second-order valence-corrected chi connectivity index (χ2v) is 4.23. The summed E-state index contributed by atoms with van der Waals surface area (Å²) in [5, 5.41) is 9.45. The van der Waals surface area contributed by atoms with Gasteiger partial charge in [0.2, 0.25) is 0 Å². The van der Waals surface area contributed by atoms with Crippen LogP contribution in [0.25, 0.3) is 0 Å². The third kappa shape index (κ3) is 1.53. The van der Waals surface area contributed by atoms with Gasteiger partial charge in [0.05, 0.1) is 0 Å². The van der Waals surface area contributed by atoms with Crippen molar-refractivity contribution in [3.8, 4) is 5.75 Å². The quantitative estimate of drug-likeness (QED) is 0.736. The maximum absolute atomic E-state index is 10.9. The number of nitrogens with two attached hydrogens (primary N) is 1. The predicted octanol–water partition coefficient (Wildman–Crippen LogP) is 1.59. The van der Waals surface area contributed by atoms with Crippen molar-refractivity contribution in [2.24, 2.45) is 5.73 Å². The van der Waals surface area contributed by atoms with E-state index in [9.17, 15) is 9.90 Å². The summed E-state index contributed by atoms with van der Waals surface area (Å²) in [6.07, 6.45) is 4.00. The van der Waals surface area contributed by atoms with Crippen molar-refractivity contribution in [1.82, 2.24) is 0 Å². The highest BCUT2D eigenvalue weighted by molar-refractivity contribution is 5.78. The number of hydrogen-bond donors (Lipinski definition) is 2. The van der Waals surface area contributed by atoms with Gasteiger partial charge in [0.25, 0.3) is 0 Å². The average Bonchev–Trinajstić information content (AvgIpc) is 2.17. The SMILES string of the molecule is NCC1(c2cc(O)ccc2C=O)CCC1. The van der Waals surface area contributed by atoms with Gasteiger partial charge in [-0.1, -0.05) is 6.42 Å². The minimum atomic E-state index is -0.0744. The molecule has 1 aromatic carbocycles. The second kappa shape index (κ2) is 3.66. The second-order valence-electron chi connectivity index (χ2n) is 4.23. The number of aldehydes is 1. The van der Waals surface area contributed by atoms with E-state index in [1.165, 1.54) is 6.07 Å². The summed E-state index contributed by atoms with van der Waals surface area (Å²) in [7, 11) is 0. The van der Waals surface area contributed by atoms with Gasteiger partial charge in [0, 0.05) is 17.5 Å². The molecule has 0 aliphatic heterocycles. The number of aromatic hydroxyl groups is 1. The lowest BCUT2D eigenvalue weighted by atomic mass is 9.63. The number of phenols is 1. The zero-order valence-electron chi connectivity index (χ0n) is 8.57. The molecule has 0 radical (unpaired) electrons. The Balaban J connectivity index is 2.49. The Morgan fingerprint density at radius 3 is 2.67 bits per heavy atom. The number of phenolic OH excluding ortho intramolecular Hbond substituents is 1. The molecular formula is C12H15NO2. The van der Waals surface area contributed by atoms with Gasteiger partial charge in [-0.15, -0.1) is 0 Å². The van der Waals surface area contributed by atoms with Crippen molar-refractivity contribution < 1.29 is 9.90 Å². The Morgan fingerprint density at radius 2 is 2.20 bits per heavy atom. The maximum atomic E-state index is 10.9. The summed E-state index contributed by atoms with van der Waals surface area (Å²) in [4.78, 5) is 10.9. The predicted molar refractivity (Wildman–Crippen MR) is 58.1 cm³/mol. The molecule has 3 N–H and O–H groups in total. The van der Waals surface area contributed by atoms with E-state index < -0.39 is 0 Å². The molecule has 1 fully saturated rings. The van der Waals surface area contributed by atoms with Crippen LogP contribution in [0.15, 0.2) is 18.2 Å². The topological polar surface area (TPSA) is 63.3 Å². The summed E-state index contributed by atoms with van der Waals surface area (Å²) in [6.45, 7) is 0.539. The van der Waals surface area contributed by atoms with E-state index in [0.29, 0.717) is 12.1 Å². The minimum absolute atomic E-state index is 0.0744. The monoisotopic (exact) mass is 205 g/mol. The molecule has 0 atom stereocenters. The largest absolute Gasteiger partial charge is 0.508 e. The summed E-state index contributed by atoms with van der Waals surface area (Å²) in [6, 6.07) is 4.87. The van der Waals surface area contributed by atoms with Crippen LogP contribution in [0.4, 0.5) is 0 Å². The number of carbonyl (C=O) groups is 1. The van der Waals surface area contributed by atoms with Gasteiger partial charge in [-0.3, -0.25) is 4.79 Å². The fraction of sp³-hybridized carbons (Fsp3) is 0.417. The molecule has 1 saturated carbocycles. The molecule has 0 heterocycles. The third-order valence-corrected chi connectivity index (χ3v) is 3.44. The molecule has 1 aromatic rings. The maximum Gasteiger partial charge on any atom is 0.150 e. The highest BCUT2D eigenvalue weighted by Crippen LogP contribution is 2.44. The van der Waals surface area contributed by atoms with E-state index in [1.807, 2.05) is 0 Å². The van der Waals surface area contributed by atoms with Crippen LogP contribution in [0.1, 0.15) is 35.2 Å². The normalized spacial score (nSPS) is 18.2. The highest BCUT2D eigenvalue weighted by atomic mass is 16.3. The lowest BCUT2D eigenvalue weighted by Crippen LogP contribution is -2.42. The van der Waals surface area contributed by atoms with Crippen LogP contribution in [0.2, 0.25) is 0 Å². The van der Waals surface area contributed by atoms with Gasteiger partial charge < -0.3 is 10.8 Å². The van der Waals surface area contributed by atoms with Gasteiger partial charge in [0.1, 0.15) is 12.0 Å². The summed E-state index contributed by atoms with van der Waals surface area (Å²) in [5.41, 5.74) is 7.26. The van der Waals surface area contributed by atoms with E-state index in [-0.39, 0.29) is 11.2 Å². The fourth-order valence-corrected chi connectivity index (χ4v) is 2.29. The molecule has 3 nitrogen and oxygen atoms in total. The Kier molecular flexibility index (Phi) is 2.49. The molecule has 3 heteroatoms. The van der Waals surface area contributed by atoms with Crippen LogP contribution >= 0.6 is 0 Å². The van der Waals surface area contributed by atoms with E-state index in [2.05, 4.69) is 0 Å². The van der Waals surface area contributed by atoms with Crippen molar-refractivity contribution >= 4 is 6.29 Å². The Labute approximate surface area is 88.9 Å². The van der Waals surface area contributed by atoms with Crippen LogP contribution in [0.5, 0.6) is 5.75 Å². The highest BCUT2D eigenvalue weighted by Gasteiger charge is 2.38. The lowest BCUT2D eigenvalue weighted by Gasteiger charge is -2.42. The zero-order chi connectivity index (χ0) is 10.9. The van der Waals surface area contributed by atoms with Gasteiger partial charge in [-0.2, -0.15) is 0 Å². The van der Waals surface area contributed by atoms with E-state index in [0.717, 1.165) is 31.1 Å². The van der Waals surface area contributed by atoms with E-state index in [4.69, 9.17) is 5.73 Å². The third-order valence-electron chi connectivity index (χ3n) is 3.44. The van der Waals surface area contributed by atoms with Gasteiger partial charge in [0.15, 0.2) is 0 Å². The standard InChI is InChI=1S/C12H15NO2/c13-8-12(4-1-5-12)11-6-10(15)3-2-9(11)7-14/h2-3,6-7,15H,1,4-5,8,13H2. The first kappa shape index (κ1) is 10.2. The first-order valence-corrected chi connectivity index (χ1v) is 5.20. The first-order chi connectivity index (χ1) is 7.22. The van der Waals surface area contributed by atoms with Crippen molar-refractivity contribution in [1.29, 1.82) is 0 Å².